The zero-order chi connectivity index (χ0) is 21.0. The number of hydrogen-bond acceptors (Lipinski definition) is 3. The van der Waals surface area contributed by atoms with Crippen molar-refractivity contribution in [2.75, 3.05) is 19.5 Å². The Morgan fingerprint density at radius 1 is 0.966 bits per heavy atom. The number of methoxy groups -OCH3 is 2. The van der Waals surface area contributed by atoms with Gasteiger partial charge in [0.1, 0.15) is 11.5 Å². The number of ether oxygens (including phenoxy) is 2. The molecule has 2 aromatic carbocycles. The van der Waals surface area contributed by atoms with E-state index in [2.05, 4.69) is 35.1 Å². The maximum Gasteiger partial charge on any atom is 0.319 e. The van der Waals surface area contributed by atoms with Crippen molar-refractivity contribution in [3.05, 3.63) is 71.0 Å². The van der Waals surface area contributed by atoms with Crippen LogP contribution in [0.25, 0.3) is 5.69 Å². The summed E-state index contributed by atoms with van der Waals surface area (Å²) < 4.78 is 12.7. The van der Waals surface area contributed by atoms with Gasteiger partial charge in [0.2, 0.25) is 0 Å². The van der Waals surface area contributed by atoms with E-state index in [-0.39, 0.29) is 6.03 Å². The Labute approximate surface area is 171 Å². The van der Waals surface area contributed by atoms with Crippen LogP contribution in [-0.2, 0) is 6.54 Å². The first-order valence-electron chi connectivity index (χ1n) is 9.44. The number of rotatable bonds is 6. The molecule has 0 aliphatic rings. The molecule has 6 nitrogen and oxygen atoms in total. The maximum atomic E-state index is 12.4. The van der Waals surface area contributed by atoms with Crippen molar-refractivity contribution in [2.45, 2.75) is 27.3 Å². The molecule has 0 spiro atoms. The van der Waals surface area contributed by atoms with Gasteiger partial charge in [-0.2, -0.15) is 0 Å². The summed E-state index contributed by atoms with van der Waals surface area (Å²) in [5, 5.41) is 5.79. The average molecular weight is 393 g/mol. The Hall–Kier alpha value is -3.41. The van der Waals surface area contributed by atoms with Crippen molar-refractivity contribution in [1.82, 2.24) is 9.88 Å². The number of aromatic nitrogens is 1. The third-order valence-corrected chi connectivity index (χ3v) is 4.91. The molecule has 0 radical (unpaired) electrons. The minimum Gasteiger partial charge on any atom is -0.497 e. The summed E-state index contributed by atoms with van der Waals surface area (Å²) in [6, 6.07) is 15.4. The molecular weight excluding hydrogens is 366 g/mol. The van der Waals surface area contributed by atoms with Gasteiger partial charge in [0.25, 0.3) is 0 Å². The fourth-order valence-corrected chi connectivity index (χ4v) is 3.40. The van der Waals surface area contributed by atoms with E-state index in [9.17, 15) is 4.79 Å². The second-order valence-corrected chi connectivity index (χ2v) is 6.94. The van der Waals surface area contributed by atoms with Crippen molar-refractivity contribution >= 4 is 11.7 Å². The van der Waals surface area contributed by atoms with Crippen LogP contribution in [0.3, 0.4) is 0 Å². The third kappa shape index (κ3) is 4.54. The summed E-state index contributed by atoms with van der Waals surface area (Å²) in [6.45, 7) is 6.50. The number of hydrogen-bond donors (Lipinski definition) is 2. The minimum atomic E-state index is -0.275. The second kappa shape index (κ2) is 8.73. The number of carbonyl (C=O) groups excluding carboxylic acids is 1. The van der Waals surface area contributed by atoms with E-state index in [1.165, 1.54) is 0 Å². The summed E-state index contributed by atoms with van der Waals surface area (Å²) in [5.74, 6) is 1.45. The van der Waals surface area contributed by atoms with Gasteiger partial charge in [0.15, 0.2) is 0 Å². The van der Waals surface area contributed by atoms with Gasteiger partial charge in [-0.05, 0) is 74.4 Å². The van der Waals surface area contributed by atoms with Gasteiger partial charge in [-0.25, -0.2) is 4.79 Å². The lowest BCUT2D eigenvalue weighted by Gasteiger charge is -2.13. The summed E-state index contributed by atoms with van der Waals surface area (Å²) >= 11 is 0. The Morgan fingerprint density at radius 3 is 2.34 bits per heavy atom. The fourth-order valence-electron chi connectivity index (χ4n) is 3.40. The number of nitrogens with one attached hydrogen (secondary N) is 2. The third-order valence-electron chi connectivity index (χ3n) is 4.91. The monoisotopic (exact) mass is 393 g/mol. The molecule has 2 N–H and O–H groups in total. The molecule has 0 saturated heterocycles. The van der Waals surface area contributed by atoms with Crippen LogP contribution in [0.15, 0.2) is 48.5 Å². The predicted molar refractivity (Wildman–Crippen MR) is 115 cm³/mol. The Kier molecular flexibility index (Phi) is 6.12. The van der Waals surface area contributed by atoms with Gasteiger partial charge in [-0.15, -0.1) is 0 Å². The standard InChI is InChI=1S/C23H27N3O3/c1-15-6-11-22(29-5)21(12-15)25-23(27)24-14-18-13-16(2)26(17(18)3)19-7-9-20(28-4)10-8-19/h6-13H,14H2,1-5H3,(H2,24,25,27). The lowest BCUT2D eigenvalue weighted by Crippen LogP contribution is -2.28. The van der Waals surface area contributed by atoms with E-state index >= 15 is 0 Å². The molecule has 0 aliphatic carbocycles. The fraction of sp³-hybridized carbons (Fsp3) is 0.261. The lowest BCUT2D eigenvalue weighted by molar-refractivity contribution is 0.251. The van der Waals surface area contributed by atoms with Crippen LogP contribution in [0.5, 0.6) is 11.5 Å². The topological polar surface area (TPSA) is 64.5 Å². The molecular formula is C23H27N3O3. The van der Waals surface area contributed by atoms with E-state index < -0.39 is 0 Å². The molecule has 6 heteroatoms. The molecule has 0 bridgehead atoms. The van der Waals surface area contributed by atoms with E-state index in [1.807, 2.05) is 49.4 Å². The molecule has 0 atom stereocenters. The van der Waals surface area contributed by atoms with Gasteiger partial charge in [0, 0.05) is 23.6 Å². The first-order chi connectivity index (χ1) is 13.9. The van der Waals surface area contributed by atoms with Crippen molar-refractivity contribution in [2.24, 2.45) is 0 Å². The molecule has 3 aromatic rings. The van der Waals surface area contributed by atoms with Gasteiger partial charge in [-0.3, -0.25) is 0 Å². The number of carbonyl (C=O) groups is 1. The van der Waals surface area contributed by atoms with E-state index in [4.69, 9.17) is 9.47 Å². The molecule has 1 aromatic heterocycles. The van der Waals surface area contributed by atoms with Gasteiger partial charge in [-0.1, -0.05) is 6.07 Å². The number of anilines is 1. The molecule has 2 amide bonds. The highest BCUT2D eigenvalue weighted by molar-refractivity contribution is 5.91. The highest BCUT2D eigenvalue weighted by Crippen LogP contribution is 2.25. The molecule has 0 saturated carbocycles. The number of urea groups is 1. The summed E-state index contributed by atoms with van der Waals surface area (Å²) in [7, 11) is 3.24. The maximum absolute atomic E-state index is 12.4. The SMILES string of the molecule is COc1ccc(-n2c(C)cc(CNC(=O)Nc3cc(C)ccc3OC)c2C)cc1. The lowest BCUT2D eigenvalue weighted by atomic mass is 10.2. The Bertz CT molecular complexity index is 1010. The van der Waals surface area contributed by atoms with Crippen molar-refractivity contribution in [3.63, 3.8) is 0 Å². The number of amides is 2. The van der Waals surface area contributed by atoms with E-state index in [1.54, 1.807) is 14.2 Å². The summed E-state index contributed by atoms with van der Waals surface area (Å²) in [4.78, 5) is 12.4. The summed E-state index contributed by atoms with van der Waals surface area (Å²) in [5.41, 5.74) is 6.00. The van der Waals surface area contributed by atoms with Crippen LogP contribution in [0.2, 0.25) is 0 Å². The first kappa shape index (κ1) is 20.3. The summed E-state index contributed by atoms with van der Waals surface area (Å²) in [6.07, 6.45) is 0. The van der Waals surface area contributed by atoms with Crippen LogP contribution in [0.4, 0.5) is 10.5 Å². The Morgan fingerprint density at radius 2 is 1.69 bits per heavy atom. The average Bonchev–Trinajstić information content (AvgIpc) is 3.00. The molecule has 152 valence electrons. The van der Waals surface area contributed by atoms with Gasteiger partial charge < -0.3 is 24.7 Å². The smallest absolute Gasteiger partial charge is 0.319 e. The quantitative estimate of drug-likeness (QED) is 0.636. The zero-order valence-electron chi connectivity index (χ0n) is 17.5. The van der Waals surface area contributed by atoms with Crippen LogP contribution < -0.4 is 20.1 Å². The zero-order valence-corrected chi connectivity index (χ0v) is 17.5. The van der Waals surface area contributed by atoms with E-state index in [0.717, 1.165) is 34.0 Å². The highest BCUT2D eigenvalue weighted by Gasteiger charge is 2.13. The number of nitrogens with zero attached hydrogens (tertiary/aromatic N) is 1. The highest BCUT2D eigenvalue weighted by atomic mass is 16.5. The van der Waals surface area contributed by atoms with Crippen molar-refractivity contribution in [1.29, 1.82) is 0 Å². The predicted octanol–water partition coefficient (Wildman–Crippen LogP) is 4.74. The largest absolute Gasteiger partial charge is 0.497 e. The molecule has 0 aliphatic heterocycles. The van der Waals surface area contributed by atoms with Crippen LogP contribution in [0.1, 0.15) is 22.5 Å². The Balaban J connectivity index is 1.71. The number of benzene rings is 2. The molecule has 1 heterocycles. The molecule has 3 rings (SSSR count). The van der Waals surface area contributed by atoms with E-state index in [0.29, 0.717) is 18.0 Å². The van der Waals surface area contributed by atoms with Crippen molar-refractivity contribution < 1.29 is 14.3 Å². The van der Waals surface area contributed by atoms with Gasteiger partial charge >= 0.3 is 6.03 Å². The van der Waals surface area contributed by atoms with Crippen LogP contribution >= 0.6 is 0 Å². The molecule has 29 heavy (non-hydrogen) atoms. The van der Waals surface area contributed by atoms with Crippen LogP contribution in [-0.4, -0.2) is 24.8 Å². The minimum absolute atomic E-state index is 0.275. The molecule has 0 fully saturated rings. The molecule has 0 unspecified atom stereocenters. The normalized spacial score (nSPS) is 10.5. The number of aryl methyl sites for hydroxylation is 2. The van der Waals surface area contributed by atoms with Gasteiger partial charge in [0.05, 0.1) is 19.9 Å². The first-order valence-corrected chi connectivity index (χ1v) is 9.44. The van der Waals surface area contributed by atoms with Crippen LogP contribution in [0, 0.1) is 20.8 Å². The second-order valence-electron chi connectivity index (χ2n) is 6.94. The van der Waals surface area contributed by atoms with Crippen molar-refractivity contribution in [3.8, 4) is 17.2 Å².